The Labute approximate surface area is 171 Å². The van der Waals surface area contributed by atoms with Crippen LogP contribution in [-0.4, -0.2) is 46.5 Å². The number of amides is 1. The predicted octanol–water partition coefficient (Wildman–Crippen LogP) is 2.80. The van der Waals surface area contributed by atoms with E-state index in [0.29, 0.717) is 13.1 Å². The number of rotatable bonds is 4. The number of pyridine rings is 2. The summed E-state index contributed by atoms with van der Waals surface area (Å²) in [6.07, 6.45) is 11.0. The van der Waals surface area contributed by atoms with Crippen LogP contribution in [0.25, 0.3) is 5.57 Å². The van der Waals surface area contributed by atoms with Crippen molar-refractivity contribution in [2.75, 3.05) is 31.1 Å². The lowest BCUT2D eigenvalue weighted by Crippen LogP contribution is -2.50. The zero-order valence-corrected chi connectivity index (χ0v) is 17.0. The van der Waals surface area contributed by atoms with Crippen molar-refractivity contribution in [2.45, 2.75) is 32.7 Å². The fourth-order valence-electron chi connectivity index (χ4n) is 4.07. The fraction of sp³-hybridized carbons (Fsp3) is 0.435. The first-order valence-corrected chi connectivity index (χ1v) is 10.4. The number of allylic oxidation sites excluding steroid dienone is 2. The molecule has 1 unspecified atom stereocenters. The fourth-order valence-corrected chi connectivity index (χ4v) is 4.07. The van der Waals surface area contributed by atoms with Gasteiger partial charge in [0, 0.05) is 44.6 Å². The minimum Gasteiger partial charge on any atom is -0.367 e. The van der Waals surface area contributed by atoms with Crippen molar-refractivity contribution in [1.82, 2.24) is 14.5 Å². The molecular formula is C23H28N4O2. The quantitative estimate of drug-likeness (QED) is 0.803. The molecule has 1 fully saturated rings. The summed E-state index contributed by atoms with van der Waals surface area (Å²) in [7, 11) is 0. The van der Waals surface area contributed by atoms with E-state index in [2.05, 4.69) is 22.9 Å². The van der Waals surface area contributed by atoms with Gasteiger partial charge in [-0.25, -0.2) is 0 Å². The van der Waals surface area contributed by atoms with Crippen molar-refractivity contribution in [1.29, 1.82) is 0 Å². The molecule has 2 aromatic rings. The van der Waals surface area contributed by atoms with E-state index in [1.165, 1.54) is 12.0 Å². The first-order valence-electron chi connectivity index (χ1n) is 10.4. The summed E-state index contributed by atoms with van der Waals surface area (Å²) in [5.74, 6) is 0.720. The molecule has 0 saturated carbocycles. The van der Waals surface area contributed by atoms with Crippen LogP contribution in [0.1, 0.15) is 31.7 Å². The number of anilines is 1. The molecule has 3 heterocycles. The maximum Gasteiger partial charge on any atom is 0.251 e. The lowest BCUT2D eigenvalue weighted by Gasteiger charge is -2.36. The third kappa shape index (κ3) is 4.58. The van der Waals surface area contributed by atoms with Gasteiger partial charge >= 0.3 is 0 Å². The summed E-state index contributed by atoms with van der Waals surface area (Å²) in [5.41, 5.74) is 3.31. The van der Waals surface area contributed by atoms with Crippen molar-refractivity contribution in [2.24, 2.45) is 5.92 Å². The largest absolute Gasteiger partial charge is 0.367 e. The van der Waals surface area contributed by atoms with E-state index in [0.717, 1.165) is 43.1 Å². The number of carbonyl (C=O) groups excluding carboxylic acids is 1. The topological polar surface area (TPSA) is 58.4 Å². The summed E-state index contributed by atoms with van der Waals surface area (Å²) in [5, 5.41) is 0. The predicted molar refractivity (Wildman–Crippen MR) is 115 cm³/mol. The standard InChI is InChI=1S/C23H28N4O2/c1-18-4-6-19(7-5-18)20-8-9-22(28)27(16-20)17-23(29)26-13-11-25(12-14-26)21-3-2-10-24-15-21/h2-3,6,8-10,15-16,18H,4-5,7,11-14,17H2,1H3. The van der Waals surface area contributed by atoms with Crippen molar-refractivity contribution in [3.05, 3.63) is 64.8 Å². The zero-order chi connectivity index (χ0) is 20.2. The molecule has 2 aliphatic rings. The van der Waals surface area contributed by atoms with Gasteiger partial charge in [0.2, 0.25) is 5.91 Å². The highest BCUT2D eigenvalue weighted by Gasteiger charge is 2.22. The Kier molecular flexibility index (Phi) is 5.79. The van der Waals surface area contributed by atoms with E-state index in [4.69, 9.17) is 0 Å². The molecule has 1 aliphatic carbocycles. The van der Waals surface area contributed by atoms with Gasteiger partial charge in [0.25, 0.3) is 5.56 Å². The molecule has 6 heteroatoms. The molecule has 6 nitrogen and oxygen atoms in total. The van der Waals surface area contributed by atoms with E-state index >= 15 is 0 Å². The third-order valence-corrected chi connectivity index (χ3v) is 5.98. The van der Waals surface area contributed by atoms with Gasteiger partial charge in [-0.2, -0.15) is 0 Å². The molecule has 29 heavy (non-hydrogen) atoms. The van der Waals surface area contributed by atoms with Crippen LogP contribution < -0.4 is 10.5 Å². The summed E-state index contributed by atoms with van der Waals surface area (Å²) >= 11 is 0. The van der Waals surface area contributed by atoms with E-state index in [-0.39, 0.29) is 18.0 Å². The first kappa shape index (κ1) is 19.4. The van der Waals surface area contributed by atoms with E-state index in [9.17, 15) is 9.59 Å². The Hall–Kier alpha value is -2.89. The Balaban J connectivity index is 1.40. The average Bonchev–Trinajstić information content (AvgIpc) is 2.76. The minimum atomic E-state index is -0.124. The van der Waals surface area contributed by atoms with E-state index in [1.807, 2.05) is 35.5 Å². The van der Waals surface area contributed by atoms with Gasteiger partial charge in [0.15, 0.2) is 0 Å². The second-order valence-electron chi connectivity index (χ2n) is 8.07. The van der Waals surface area contributed by atoms with Gasteiger partial charge in [0.1, 0.15) is 6.54 Å². The highest BCUT2D eigenvalue weighted by molar-refractivity contribution is 5.76. The SMILES string of the molecule is CC1CC=C(c2ccc(=O)n(CC(=O)N3CCN(c4cccnc4)CC3)c2)CC1. The molecule has 0 N–H and O–H groups in total. The molecule has 0 radical (unpaired) electrons. The molecular weight excluding hydrogens is 364 g/mol. The number of nitrogens with zero attached hydrogens (tertiary/aromatic N) is 4. The van der Waals surface area contributed by atoms with Crippen molar-refractivity contribution < 1.29 is 4.79 Å². The summed E-state index contributed by atoms with van der Waals surface area (Å²) in [6, 6.07) is 7.44. The van der Waals surface area contributed by atoms with Crippen molar-refractivity contribution in [3.8, 4) is 0 Å². The number of carbonyl (C=O) groups is 1. The Morgan fingerprint density at radius 2 is 2.00 bits per heavy atom. The van der Waals surface area contributed by atoms with Crippen LogP contribution in [-0.2, 0) is 11.3 Å². The second kappa shape index (κ2) is 8.64. The molecule has 1 atom stereocenters. The molecule has 1 amide bonds. The van der Waals surface area contributed by atoms with Crippen LogP contribution in [0, 0.1) is 5.92 Å². The van der Waals surface area contributed by atoms with Crippen LogP contribution >= 0.6 is 0 Å². The highest BCUT2D eigenvalue weighted by Crippen LogP contribution is 2.29. The number of piperazine rings is 1. The van der Waals surface area contributed by atoms with Crippen molar-refractivity contribution in [3.63, 3.8) is 0 Å². The summed E-state index contributed by atoms with van der Waals surface area (Å²) in [6.45, 7) is 5.23. The van der Waals surface area contributed by atoms with Gasteiger partial charge in [0.05, 0.1) is 11.9 Å². The second-order valence-corrected chi connectivity index (χ2v) is 8.07. The van der Waals surface area contributed by atoms with E-state index < -0.39 is 0 Å². The molecule has 0 aromatic carbocycles. The average molecular weight is 393 g/mol. The Morgan fingerprint density at radius 1 is 1.17 bits per heavy atom. The number of hydrogen-bond donors (Lipinski definition) is 0. The third-order valence-electron chi connectivity index (χ3n) is 5.98. The highest BCUT2D eigenvalue weighted by atomic mass is 16.2. The summed E-state index contributed by atoms with van der Waals surface area (Å²) < 4.78 is 1.56. The normalized spacial score (nSPS) is 19.8. The van der Waals surface area contributed by atoms with Crippen LogP contribution in [0.3, 0.4) is 0 Å². The lowest BCUT2D eigenvalue weighted by molar-refractivity contribution is -0.132. The molecule has 152 valence electrons. The van der Waals surface area contributed by atoms with Crippen LogP contribution in [0.4, 0.5) is 5.69 Å². The smallest absolute Gasteiger partial charge is 0.251 e. The Bertz CT molecular complexity index is 943. The summed E-state index contributed by atoms with van der Waals surface area (Å²) in [4.78, 5) is 33.4. The molecule has 1 aliphatic heterocycles. The van der Waals surface area contributed by atoms with Gasteiger partial charge in [-0.15, -0.1) is 0 Å². The maximum atomic E-state index is 12.8. The molecule has 0 spiro atoms. The van der Waals surface area contributed by atoms with Gasteiger partial charge in [-0.3, -0.25) is 14.6 Å². The zero-order valence-electron chi connectivity index (χ0n) is 17.0. The number of hydrogen-bond acceptors (Lipinski definition) is 4. The van der Waals surface area contributed by atoms with Gasteiger partial charge < -0.3 is 14.4 Å². The van der Waals surface area contributed by atoms with Gasteiger partial charge in [-0.05, 0) is 54.5 Å². The molecule has 4 rings (SSSR count). The maximum absolute atomic E-state index is 12.8. The first-order chi connectivity index (χ1) is 14.1. The molecule has 0 bridgehead atoms. The minimum absolute atomic E-state index is 0.00123. The van der Waals surface area contributed by atoms with Gasteiger partial charge in [-0.1, -0.05) is 13.0 Å². The van der Waals surface area contributed by atoms with Crippen molar-refractivity contribution >= 4 is 17.2 Å². The van der Waals surface area contributed by atoms with E-state index in [1.54, 1.807) is 16.8 Å². The Morgan fingerprint density at radius 3 is 2.69 bits per heavy atom. The monoisotopic (exact) mass is 392 g/mol. The molecule has 1 saturated heterocycles. The van der Waals surface area contributed by atoms with Crippen LogP contribution in [0.5, 0.6) is 0 Å². The van der Waals surface area contributed by atoms with Crippen LogP contribution in [0.15, 0.2) is 53.7 Å². The lowest BCUT2D eigenvalue weighted by atomic mass is 9.88. The van der Waals surface area contributed by atoms with Crippen LogP contribution in [0.2, 0.25) is 0 Å². The number of aromatic nitrogens is 2. The molecule has 2 aromatic heterocycles.